The molecule has 0 spiro atoms. The van der Waals surface area contributed by atoms with Gasteiger partial charge in [0.05, 0.1) is 16.6 Å². The second-order valence-electron chi connectivity index (χ2n) is 7.36. The minimum atomic E-state index is -0.636. The van der Waals surface area contributed by atoms with Crippen molar-refractivity contribution in [2.24, 2.45) is 4.99 Å². The number of rotatable bonds is 6. The van der Waals surface area contributed by atoms with Crippen molar-refractivity contribution in [3.8, 4) is 11.5 Å². The average Bonchev–Trinajstić information content (AvgIpc) is 3.17. The monoisotopic (exact) mass is 523 g/mol. The smallest absolute Gasteiger partial charge is 0.363 e. The van der Waals surface area contributed by atoms with Gasteiger partial charge in [-0.05, 0) is 89.9 Å². The van der Waals surface area contributed by atoms with Gasteiger partial charge in [-0.15, -0.1) is 0 Å². The fourth-order valence-corrected chi connectivity index (χ4v) is 3.70. The van der Waals surface area contributed by atoms with Crippen LogP contribution in [0, 0.1) is 12.7 Å². The molecule has 1 aliphatic rings. The summed E-state index contributed by atoms with van der Waals surface area (Å²) in [6.45, 7) is 4.06. The molecule has 0 atom stereocenters. The predicted octanol–water partition coefficient (Wildman–Crippen LogP) is 5.86. The number of nitrogens with zero attached hydrogens (tertiary/aromatic N) is 1. The molecule has 0 aliphatic carbocycles. The molecule has 0 unspecified atom stereocenters. The molecule has 172 valence electrons. The van der Waals surface area contributed by atoms with E-state index in [2.05, 4.69) is 20.9 Å². The van der Waals surface area contributed by atoms with E-state index in [1.807, 2.05) is 19.1 Å². The fourth-order valence-electron chi connectivity index (χ4n) is 3.16. The number of esters is 2. The lowest BCUT2D eigenvalue weighted by Crippen LogP contribution is -2.10. The number of carbonyl (C=O) groups is 2. The fraction of sp³-hybridized carbons (Fsp3) is 0.115. The van der Waals surface area contributed by atoms with E-state index in [-0.39, 0.29) is 17.3 Å². The summed E-state index contributed by atoms with van der Waals surface area (Å²) in [7, 11) is 0. The third kappa shape index (κ3) is 5.23. The van der Waals surface area contributed by atoms with Gasteiger partial charge >= 0.3 is 11.9 Å². The van der Waals surface area contributed by atoms with Gasteiger partial charge in [0, 0.05) is 5.56 Å². The van der Waals surface area contributed by atoms with Crippen molar-refractivity contribution in [1.82, 2.24) is 0 Å². The van der Waals surface area contributed by atoms with Crippen LogP contribution < -0.4 is 9.47 Å². The van der Waals surface area contributed by atoms with Crippen LogP contribution in [0.25, 0.3) is 6.08 Å². The van der Waals surface area contributed by atoms with Crippen LogP contribution in [0.1, 0.15) is 34.0 Å². The van der Waals surface area contributed by atoms with Crippen LogP contribution in [-0.2, 0) is 9.53 Å². The summed E-state index contributed by atoms with van der Waals surface area (Å²) in [6, 6.07) is 15.8. The summed E-state index contributed by atoms with van der Waals surface area (Å²) in [4.78, 5) is 29.2. The van der Waals surface area contributed by atoms with Gasteiger partial charge in [0.15, 0.2) is 17.2 Å². The van der Waals surface area contributed by atoms with Crippen LogP contribution in [0.15, 0.2) is 75.8 Å². The summed E-state index contributed by atoms with van der Waals surface area (Å²) in [6.07, 6.45) is 1.53. The summed E-state index contributed by atoms with van der Waals surface area (Å²) >= 11 is 3.43. The minimum absolute atomic E-state index is 0.0677. The van der Waals surface area contributed by atoms with Crippen LogP contribution in [0.2, 0.25) is 0 Å². The number of ether oxygens (including phenoxy) is 3. The van der Waals surface area contributed by atoms with Gasteiger partial charge in [-0.3, -0.25) is 0 Å². The molecule has 0 aromatic heterocycles. The first kappa shape index (κ1) is 23.4. The molecule has 0 N–H and O–H groups in total. The maximum Gasteiger partial charge on any atom is 0.363 e. The van der Waals surface area contributed by atoms with E-state index < -0.39 is 17.8 Å². The largest absolute Gasteiger partial charge is 0.490 e. The molecule has 34 heavy (non-hydrogen) atoms. The molecule has 1 heterocycles. The Morgan fingerprint density at radius 3 is 2.50 bits per heavy atom. The Morgan fingerprint density at radius 1 is 1.12 bits per heavy atom. The van der Waals surface area contributed by atoms with Crippen molar-refractivity contribution < 1.29 is 28.2 Å². The molecule has 3 aromatic rings. The highest BCUT2D eigenvalue weighted by Gasteiger charge is 2.25. The maximum absolute atomic E-state index is 13.2. The Balaban J connectivity index is 1.63. The first-order chi connectivity index (χ1) is 16.3. The Morgan fingerprint density at radius 2 is 1.82 bits per heavy atom. The van der Waals surface area contributed by atoms with Crippen molar-refractivity contribution in [3.63, 3.8) is 0 Å². The van der Waals surface area contributed by atoms with Crippen LogP contribution >= 0.6 is 15.9 Å². The molecule has 4 rings (SSSR count). The summed E-state index contributed by atoms with van der Waals surface area (Å²) in [5, 5.41) is 0. The Labute approximate surface area is 203 Å². The number of cyclic esters (lactones) is 1. The number of hydrogen-bond donors (Lipinski definition) is 0. The van der Waals surface area contributed by atoms with E-state index in [0.29, 0.717) is 33.5 Å². The van der Waals surface area contributed by atoms with E-state index >= 15 is 0 Å². The maximum atomic E-state index is 13.2. The summed E-state index contributed by atoms with van der Waals surface area (Å²) < 4.78 is 30.1. The first-order valence-electron chi connectivity index (χ1n) is 10.4. The van der Waals surface area contributed by atoms with Gasteiger partial charge in [0.2, 0.25) is 5.90 Å². The van der Waals surface area contributed by atoms with Crippen LogP contribution in [0.4, 0.5) is 4.39 Å². The predicted molar refractivity (Wildman–Crippen MR) is 128 cm³/mol. The number of aliphatic imine (C=N–C) groups is 1. The Bertz CT molecular complexity index is 1310. The van der Waals surface area contributed by atoms with E-state index in [0.717, 1.165) is 5.56 Å². The van der Waals surface area contributed by atoms with Gasteiger partial charge in [-0.1, -0.05) is 17.7 Å². The van der Waals surface area contributed by atoms with Crippen molar-refractivity contribution in [2.45, 2.75) is 13.8 Å². The quantitative estimate of drug-likeness (QED) is 0.230. The second-order valence-corrected chi connectivity index (χ2v) is 8.22. The van der Waals surface area contributed by atoms with E-state index in [1.54, 1.807) is 31.2 Å². The molecule has 0 fully saturated rings. The first-order valence-corrected chi connectivity index (χ1v) is 11.2. The van der Waals surface area contributed by atoms with E-state index in [9.17, 15) is 14.0 Å². The van der Waals surface area contributed by atoms with Gasteiger partial charge in [0.1, 0.15) is 5.82 Å². The minimum Gasteiger partial charge on any atom is -0.490 e. The van der Waals surface area contributed by atoms with Crippen molar-refractivity contribution in [1.29, 1.82) is 0 Å². The molecule has 0 saturated carbocycles. The zero-order valence-electron chi connectivity index (χ0n) is 18.3. The molecule has 6 nitrogen and oxygen atoms in total. The number of benzene rings is 3. The molecule has 1 aliphatic heterocycles. The zero-order chi connectivity index (χ0) is 24.2. The average molecular weight is 524 g/mol. The van der Waals surface area contributed by atoms with Crippen LogP contribution in [-0.4, -0.2) is 24.4 Å². The zero-order valence-corrected chi connectivity index (χ0v) is 19.9. The topological polar surface area (TPSA) is 74.2 Å². The van der Waals surface area contributed by atoms with E-state index in [1.165, 1.54) is 30.3 Å². The molecular weight excluding hydrogens is 505 g/mol. The van der Waals surface area contributed by atoms with Crippen LogP contribution in [0.3, 0.4) is 0 Å². The molecule has 8 heteroatoms. The van der Waals surface area contributed by atoms with Gasteiger partial charge < -0.3 is 14.2 Å². The number of carbonyl (C=O) groups excluding carboxylic acids is 2. The summed E-state index contributed by atoms with van der Waals surface area (Å²) in [5.74, 6) is -0.939. The molecule has 0 bridgehead atoms. The third-order valence-corrected chi connectivity index (χ3v) is 5.42. The van der Waals surface area contributed by atoms with Gasteiger partial charge in [-0.2, -0.15) is 0 Å². The number of halogens is 2. The molecule has 0 radical (unpaired) electrons. The highest BCUT2D eigenvalue weighted by atomic mass is 79.9. The third-order valence-electron chi connectivity index (χ3n) is 4.83. The lowest BCUT2D eigenvalue weighted by molar-refractivity contribution is -0.129. The highest BCUT2D eigenvalue weighted by molar-refractivity contribution is 9.10. The number of hydrogen-bond acceptors (Lipinski definition) is 6. The normalized spacial score (nSPS) is 14.1. The molecular formula is C26H19BrFNO5. The summed E-state index contributed by atoms with van der Waals surface area (Å²) in [5.41, 5.74) is 2.55. The van der Waals surface area contributed by atoms with Crippen molar-refractivity contribution >= 4 is 39.8 Å². The standard InChI is InChI=1S/C26H19BrFNO5/c1-3-32-22-14-16(12-20(27)23(22)33-25(30)18-6-4-15(2)5-7-18)13-21-26(31)34-24(29-21)17-8-10-19(28)11-9-17/h4-14H,3H2,1-2H3/b21-13-. The van der Waals surface area contributed by atoms with E-state index in [4.69, 9.17) is 14.2 Å². The second kappa shape index (κ2) is 10.0. The number of aryl methyl sites for hydroxylation is 1. The Kier molecular flexibility index (Phi) is 6.88. The Hall–Kier alpha value is -3.78. The van der Waals surface area contributed by atoms with Crippen LogP contribution in [0.5, 0.6) is 11.5 Å². The lowest BCUT2D eigenvalue weighted by atomic mass is 10.1. The SMILES string of the molecule is CCOc1cc(/C=C2\N=C(c3ccc(F)cc3)OC2=O)cc(Br)c1OC(=O)c1ccc(C)cc1. The van der Waals surface area contributed by atoms with Crippen molar-refractivity contribution in [3.05, 3.63) is 98.9 Å². The van der Waals surface area contributed by atoms with Crippen molar-refractivity contribution in [2.75, 3.05) is 6.61 Å². The molecule has 0 amide bonds. The molecule has 0 saturated heterocycles. The lowest BCUT2D eigenvalue weighted by Gasteiger charge is -2.13. The molecule has 3 aromatic carbocycles. The van der Waals surface area contributed by atoms with Gasteiger partial charge in [0.25, 0.3) is 0 Å². The highest BCUT2D eigenvalue weighted by Crippen LogP contribution is 2.38. The van der Waals surface area contributed by atoms with Gasteiger partial charge in [-0.25, -0.2) is 19.0 Å².